The molecule has 134 valence electrons. The number of ketones is 1. The summed E-state index contributed by atoms with van der Waals surface area (Å²) in [5.41, 5.74) is 1.21. The Morgan fingerprint density at radius 1 is 1.12 bits per heavy atom. The van der Waals surface area contributed by atoms with E-state index in [1.54, 1.807) is 25.3 Å². The van der Waals surface area contributed by atoms with E-state index < -0.39 is 10.1 Å². The van der Waals surface area contributed by atoms with Crippen molar-refractivity contribution >= 4 is 22.0 Å². The molecule has 0 aliphatic carbocycles. The number of hydrogen-bond donors (Lipinski definition) is 0. The number of carbonyl (C=O) groups excluding carboxylic acids is 1. The maximum atomic E-state index is 12.3. The van der Waals surface area contributed by atoms with Gasteiger partial charge in [0.15, 0.2) is 5.76 Å². The summed E-state index contributed by atoms with van der Waals surface area (Å²) in [5.74, 6) is 0.919. The number of para-hydroxylation sites is 1. The van der Waals surface area contributed by atoms with Crippen molar-refractivity contribution in [2.75, 3.05) is 13.4 Å². The summed E-state index contributed by atoms with van der Waals surface area (Å²) in [5, 5.41) is 0. The molecule has 0 spiro atoms. The van der Waals surface area contributed by atoms with Crippen molar-refractivity contribution in [3.63, 3.8) is 0 Å². The molecule has 0 amide bonds. The smallest absolute Gasteiger partial charge is 0.306 e. The second kappa shape index (κ2) is 7.05. The lowest BCUT2D eigenvalue weighted by Gasteiger charge is -2.03. The van der Waals surface area contributed by atoms with Crippen molar-refractivity contribution < 1.29 is 26.9 Å². The van der Waals surface area contributed by atoms with Crippen LogP contribution in [0.4, 0.5) is 0 Å². The summed E-state index contributed by atoms with van der Waals surface area (Å²) in [6, 6.07) is 11.7. The van der Waals surface area contributed by atoms with Gasteiger partial charge in [-0.15, -0.1) is 0 Å². The molecule has 1 heterocycles. The van der Waals surface area contributed by atoms with Gasteiger partial charge in [0.1, 0.15) is 17.2 Å². The third kappa shape index (κ3) is 3.94. The Balaban J connectivity index is 1.81. The summed E-state index contributed by atoms with van der Waals surface area (Å²) in [7, 11) is -2.07. The molecule has 0 unspecified atom stereocenters. The lowest BCUT2D eigenvalue weighted by molar-refractivity contribution is 0.101. The van der Waals surface area contributed by atoms with Gasteiger partial charge < -0.3 is 13.7 Å². The number of rotatable bonds is 5. The molecule has 7 heteroatoms. The van der Waals surface area contributed by atoms with E-state index in [2.05, 4.69) is 0 Å². The fourth-order valence-corrected chi connectivity index (χ4v) is 2.91. The molecule has 0 saturated heterocycles. The maximum Gasteiger partial charge on any atom is 0.306 e. The highest BCUT2D eigenvalue weighted by atomic mass is 32.2. The number of methoxy groups -OCH3 is 1. The Labute approximate surface area is 151 Å². The Morgan fingerprint density at radius 3 is 2.62 bits per heavy atom. The van der Waals surface area contributed by atoms with Gasteiger partial charge in [-0.25, -0.2) is 0 Å². The average Bonchev–Trinajstić information content (AvgIpc) is 2.89. The van der Waals surface area contributed by atoms with Gasteiger partial charge in [0.2, 0.25) is 5.78 Å². The SMILES string of the molecule is COc1ccccc1/C=C/C=C1\Oc2cc(OS(C)(=O)=O)ccc2C1=O. The van der Waals surface area contributed by atoms with Gasteiger partial charge in [0.05, 0.1) is 18.9 Å². The molecule has 0 saturated carbocycles. The van der Waals surface area contributed by atoms with Crippen LogP contribution in [0.3, 0.4) is 0 Å². The molecular formula is C19H16O6S. The summed E-state index contributed by atoms with van der Waals surface area (Å²) >= 11 is 0. The Kier molecular flexibility index (Phi) is 4.81. The Morgan fingerprint density at radius 2 is 1.88 bits per heavy atom. The minimum Gasteiger partial charge on any atom is -0.496 e. The van der Waals surface area contributed by atoms with Crippen molar-refractivity contribution in [2.45, 2.75) is 0 Å². The van der Waals surface area contributed by atoms with Crippen LogP contribution < -0.4 is 13.7 Å². The number of carbonyl (C=O) groups is 1. The quantitative estimate of drug-likeness (QED) is 0.592. The zero-order chi connectivity index (χ0) is 18.7. The zero-order valence-corrected chi connectivity index (χ0v) is 14.9. The lowest BCUT2D eigenvalue weighted by Crippen LogP contribution is -2.05. The normalized spacial score (nSPS) is 15.2. The van der Waals surface area contributed by atoms with Crippen molar-refractivity contribution in [3.8, 4) is 17.2 Å². The van der Waals surface area contributed by atoms with Gasteiger partial charge in [0.25, 0.3) is 0 Å². The first-order valence-corrected chi connectivity index (χ1v) is 9.46. The van der Waals surface area contributed by atoms with Crippen LogP contribution in [0.25, 0.3) is 6.08 Å². The van der Waals surface area contributed by atoms with Crippen molar-refractivity contribution in [2.24, 2.45) is 0 Å². The van der Waals surface area contributed by atoms with Crippen molar-refractivity contribution in [3.05, 3.63) is 71.5 Å². The fraction of sp³-hybridized carbons (Fsp3) is 0.105. The largest absolute Gasteiger partial charge is 0.496 e. The first kappa shape index (κ1) is 17.8. The van der Waals surface area contributed by atoms with E-state index in [0.29, 0.717) is 11.3 Å². The summed E-state index contributed by atoms with van der Waals surface area (Å²) < 4.78 is 38.0. The highest BCUT2D eigenvalue weighted by Gasteiger charge is 2.27. The van der Waals surface area contributed by atoms with Crippen LogP contribution in [-0.2, 0) is 10.1 Å². The molecular weight excluding hydrogens is 356 g/mol. The molecule has 6 nitrogen and oxygen atoms in total. The number of benzene rings is 2. The molecule has 26 heavy (non-hydrogen) atoms. The van der Waals surface area contributed by atoms with Crippen LogP contribution in [0, 0.1) is 0 Å². The van der Waals surface area contributed by atoms with E-state index in [4.69, 9.17) is 13.7 Å². The Hall–Kier alpha value is -3.06. The van der Waals surface area contributed by atoms with Crippen LogP contribution in [0.1, 0.15) is 15.9 Å². The molecule has 0 aromatic heterocycles. The second-order valence-electron chi connectivity index (χ2n) is 5.51. The van der Waals surface area contributed by atoms with Crippen LogP contribution in [0.2, 0.25) is 0 Å². The lowest BCUT2D eigenvalue weighted by atomic mass is 10.1. The second-order valence-corrected chi connectivity index (χ2v) is 7.08. The monoisotopic (exact) mass is 372 g/mol. The van der Waals surface area contributed by atoms with E-state index >= 15 is 0 Å². The van der Waals surface area contributed by atoms with E-state index in [9.17, 15) is 13.2 Å². The highest BCUT2D eigenvalue weighted by Crippen LogP contribution is 2.34. The van der Waals surface area contributed by atoms with E-state index in [0.717, 1.165) is 11.8 Å². The van der Waals surface area contributed by atoms with Crippen LogP contribution in [0.15, 0.2) is 60.4 Å². The molecule has 0 bridgehead atoms. The predicted octanol–water partition coefficient (Wildman–Crippen LogP) is 3.21. The molecule has 0 atom stereocenters. The van der Waals surface area contributed by atoms with Gasteiger partial charge in [0, 0.05) is 11.6 Å². The van der Waals surface area contributed by atoms with Crippen LogP contribution >= 0.6 is 0 Å². The van der Waals surface area contributed by atoms with Gasteiger partial charge in [-0.1, -0.05) is 30.4 Å². The topological polar surface area (TPSA) is 78.9 Å². The van der Waals surface area contributed by atoms with Crippen molar-refractivity contribution in [1.82, 2.24) is 0 Å². The van der Waals surface area contributed by atoms with Gasteiger partial charge in [-0.3, -0.25) is 4.79 Å². The van der Waals surface area contributed by atoms with E-state index in [1.165, 1.54) is 18.2 Å². The molecule has 0 N–H and O–H groups in total. The summed E-state index contributed by atoms with van der Waals surface area (Å²) in [6.07, 6.45) is 5.97. The maximum absolute atomic E-state index is 12.3. The molecule has 1 aliphatic heterocycles. The predicted molar refractivity (Wildman–Crippen MR) is 97.0 cm³/mol. The first-order chi connectivity index (χ1) is 12.4. The van der Waals surface area contributed by atoms with E-state index in [-0.39, 0.29) is 23.0 Å². The van der Waals surface area contributed by atoms with Crippen LogP contribution in [-0.4, -0.2) is 27.6 Å². The van der Waals surface area contributed by atoms with Gasteiger partial charge in [-0.05, 0) is 24.3 Å². The minimum atomic E-state index is -3.65. The molecule has 1 aliphatic rings. The molecule has 3 rings (SSSR count). The van der Waals surface area contributed by atoms with E-state index in [1.807, 2.05) is 24.3 Å². The molecule has 2 aromatic rings. The standard InChI is InChI=1S/C19H16O6S/c1-23-16-8-4-3-6-13(16)7-5-9-17-19(20)15-11-10-14(12-18(15)24-17)25-26(2,21)22/h3-12H,1-2H3/b7-5+,17-9-. The summed E-state index contributed by atoms with van der Waals surface area (Å²) in [4.78, 5) is 12.3. The first-order valence-electron chi connectivity index (χ1n) is 7.65. The van der Waals surface area contributed by atoms with Crippen LogP contribution in [0.5, 0.6) is 17.2 Å². The van der Waals surface area contributed by atoms with Crippen molar-refractivity contribution in [1.29, 1.82) is 0 Å². The molecule has 0 fully saturated rings. The molecule has 0 radical (unpaired) electrons. The third-order valence-corrected chi connectivity index (χ3v) is 4.05. The number of hydrogen-bond acceptors (Lipinski definition) is 6. The summed E-state index contributed by atoms with van der Waals surface area (Å²) in [6.45, 7) is 0. The van der Waals surface area contributed by atoms with Gasteiger partial charge in [-0.2, -0.15) is 8.42 Å². The molecule has 2 aromatic carbocycles. The zero-order valence-electron chi connectivity index (χ0n) is 14.1. The third-order valence-electron chi connectivity index (χ3n) is 3.55. The number of Topliss-reactive ketones (excluding diaryl/α,β-unsaturated/α-hetero) is 1. The number of ether oxygens (including phenoxy) is 2. The number of allylic oxidation sites excluding steroid dienone is 3. The average molecular weight is 372 g/mol. The van der Waals surface area contributed by atoms with Gasteiger partial charge >= 0.3 is 10.1 Å². The highest BCUT2D eigenvalue weighted by molar-refractivity contribution is 7.86. The minimum absolute atomic E-state index is 0.0878. The fourth-order valence-electron chi connectivity index (χ4n) is 2.45. The Bertz CT molecular complexity index is 1020. The number of fused-ring (bicyclic) bond motifs is 1.